The van der Waals surface area contributed by atoms with Crippen LogP contribution >= 0.6 is 11.3 Å². The number of nitrogens with zero attached hydrogens (tertiary/aromatic N) is 6. The lowest BCUT2D eigenvalue weighted by Crippen LogP contribution is -2.57. The molecule has 330 valence electrons. The first kappa shape index (κ1) is 43.2. The molecule has 19 heteroatoms. The molecule has 4 fully saturated rings. The molecule has 0 aliphatic carbocycles. The van der Waals surface area contributed by atoms with E-state index >= 15 is 13.2 Å². The zero-order chi connectivity index (χ0) is 44.6. The highest BCUT2D eigenvalue weighted by Gasteiger charge is 2.49. The molecule has 6 heterocycles. The topological polar surface area (TPSA) is 142 Å². The summed E-state index contributed by atoms with van der Waals surface area (Å²) in [6.45, 7) is 11.2. The number of anilines is 2. The molecule has 4 aromatic rings. The Bertz CT molecular complexity index is 2570. The highest BCUT2D eigenvalue weighted by Crippen LogP contribution is 2.49. The van der Waals surface area contributed by atoms with Crippen molar-refractivity contribution in [3.63, 3.8) is 0 Å². The fraction of sp³-hybridized carbons (Fsp3) is 0.512. The summed E-state index contributed by atoms with van der Waals surface area (Å²) in [5.41, 5.74) is -4.04. The van der Waals surface area contributed by atoms with Gasteiger partial charge in [-0.3, -0.25) is 15.1 Å². The van der Waals surface area contributed by atoms with Gasteiger partial charge in [0, 0.05) is 30.6 Å². The summed E-state index contributed by atoms with van der Waals surface area (Å²) in [6.07, 6.45) is -0.504. The fourth-order valence-electron chi connectivity index (χ4n) is 9.28. The van der Waals surface area contributed by atoms with Crippen LogP contribution in [0.15, 0.2) is 23.8 Å². The predicted octanol–water partition coefficient (Wildman–Crippen LogP) is 9.51. The highest BCUT2D eigenvalue weighted by atomic mass is 32.1. The predicted molar refractivity (Wildman–Crippen MR) is 221 cm³/mol. The molecule has 4 saturated heterocycles. The van der Waals surface area contributed by atoms with Crippen molar-refractivity contribution < 1.29 is 50.5 Å². The van der Waals surface area contributed by atoms with Gasteiger partial charge in [-0.05, 0) is 91.8 Å². The van der Waals surface area contributed by atoms with Crippen LogP contribution in [0.4, 0.5) is 42.4 Å². The van der Waals surface area contributed by atoms with Crippen molar-refractivity contribution in [3.05, 3.63) is 46.8 Å². The molecule has 4 aliphatic rings. The van der Waals surface area contributed by atoms with E-state index in [1.165, 1.54) is 7.11 Å². The molecule has 2 unspecified atom stereocenters. The number of hydrogen-bond donors (Lipinski definition) is 1. The van der Waals surface area contributed by atoms with Crippen molar-refractivity contribution in [2.75, 3.05) is 50.1 Å². The molecule has 1 N–H and O–H groups in total. The van der Waals surface area contributed by atoms with Gasteiger partial charge in [-0.2, -0.15) is 24.0 Å². The Morgan fingerprint density at radius 1 is 1.00 bits per heavy atom. The number of fused-ring (bicyclic) bond motifs is 5. The van der Waals surface area contributed by atoms with Crippen molar-refractivity contribution >= 4 is 55.3 Å². The van der Waals surface area contributed by atoms with Gasteiger partial charge in [-0.25, -0.2) is 22.8 Å². The molecule has 2 bridgehead atoms. The Kier molecular flexibility index (Phi) is 10.9. The van der Waals surface area contributed by atoms with Gasteiger partial charge in [-0.15, -0.1) is 11.3 Å². The standard InChI is InChI=1S/C43H46F5N7O6S/c1-41(2,3)60-39(56)52-37-25(16-49)27-24(11-12-26(44)34(27)62-37)28-30(45)32-29(33(58-7)31(28)46)36(53-18-22-9-10-23(19-53)55(22)40(57)61-42(4,5)6)51-38(50-32)59-20-43-13-8-14-54(43)17-21(15-43)35(47)48/h11-12,22-23H,8-10,13-15,17-20H2,1-7H3,(H,52,56)/t22?,23?,43-/m0/s1. The normalized spacial score (nSPS) is 21.4. The second-order valence-electron chi connectivity index (χ2n) is 18.2. The molecule has 2 amide bonds. The van der Waals surface area contributed by atoms with E-state index in [2.05, 4.69) is 10.3 Å². The van der Waals surface area contributed by atoms with Gasteiger partial charge >= 0.3 is 18.2 Å². The SMILES string of the molecule is COc1c(F)c(-c2ccc(F)c3sc(NC(=O)OC(C)(C)C)c(C#N)c23)c(F)c2nc(OC[C@@]34CCCN3CC(=C(F)F)C4)nc(N3CC4CCC(C3)N4C(=O)OC(C)(C)C)c12. The average Bonchev–Trinajstić information content (AvgIpc) is 3.92. The third kappa shape index (κ3) is 7.69. The molecule has 13 nitrogen and oxygen atoms in total. The smallest absolute Gasteiger partial charge is 0.412 e. The van der Waals surface area contributed by atoms with E-state index in [9.17, 15) is 23.6 Å². The van der Waals surface area contributed by atoms with E-state index in [-0.39, 0.29) is 93.7 Å². The maximum absolute atomic E-state index is 17.6. The number of nitriles is 1. The van der Waals surface area contributed by atoms with E-state index < -0.39 is 69.3 Å². The third-order valence-corrected chi connectivity index (χ3v) is 12.8. The van der Waals surface area contributed by atoms with Crippen LogP contribution in [0.1, 0.15) is 79.2 Å². The highest BCUT2D eigenvalue weighted by molar-refractivity contribution is 7.23. The van der Waals surface area contributed by atoms with Crippen molar-refractivity contribution in [3.8, 4) is 29.0 Å². The van der Waals surface area contributed by atoms with Crippen LogP contribution in [0.2, 0.25) is 0 Å². The Labute approximate surface area is 358 Å². The first-order valence-corrected chi connectivity index (χ1v) is 21.1. The summed E-state index contributed by atoms with van der Waals surface area (Å²) in [6, 6.07) is 3.08. The average molecular weight is 884 g/mol. The van der Waals surface area contributed by atoms with Gasteiger partial charge in [0.15, 0.2) is 17.4 Å². The summed E-state index contributed by atoms with van der Waals surface area (Å²) < 4.78 is 101. The van der Waals surface area contributed by atoms with Gasteiger partial charge in [0.1, 0.15) is 46.0 Å². The monoisotopic (exact) mass is 883 g/mol. The largest absolute Gasteiger partial charge is 0.493 e. The maximum Gasteiger partial charge on any atom is 0.412 e. The zero-order valence-corrected chi connectivity index (χ0v) is 36.1. The van der Waals surface area contributed by atoms with Crippen LogP contribution < -0.4 is 19.7 Å². The third-order valence-electron chi connectivity index (χ3n) is 11.7. The van der Waals surface area contributed by atoms with Gasteiger partial charge in [-0.1, -0.05) is 6.07 Å². The number of benzene rings is 2. The molecular weight excluding hydrogens is 838 g/mol. The summed E-state index contributed by atoms with van der Waals surface area (Å²) in [5, 5.41) is 12.4. The fourth-order valence-corrected chi connectivity index (χ4v) is 10.3. The second-order valence-corrected chi connectivity index (χ2v) is 19.2. The molecule has 0 saturated carbocycles. The van der Waals surface area contributed by atoms with Gasteiger partial charge < -0.3 is 23.8 Å². The van der Waals surface area contributed by atoms with Crippen LogP contribution in [0.3, 0.4) is 0 Å². The number of thiophene rings is 1. The number of piperazine rings is 1. The number of hydrogen-bond acceptors (Lipinski definition) is 12. The molecule has 0 spiro atoms. The minimum absolute atomic E-state index is 0.0166. The van der Waals surface area contributed by atoms with E-state index in [0.717, 1.165) is 18.6 Å². The maximum atomic E-state index is 17.6. The molecule has 2 aromatic heterocycles. The molecule has 4 aliphatic heterocycles. The van der Waals surface area contributed by atoms with Gasteiger partial charge in [0.05, 0.1) is 45.9 Å². The minimum atomic E-state index is -1.74. The molecule has 62 heavy (non-hydrogen) atoms. The molecular formula is C43H46F5N7O6S. The van der Waals surface area contributed by atoms with Crippen LogP contribution in [-0.4, -0.2) is 101 Å². The first-order chi connectivity index (χ1) is 29.2. The van der Waals surface area contributed by atoms with Gasteiger partial charge in [0.25, 0.3) is 6.08 Å². The quantitative estimate of drug-likeness (QED) is 0.177. The Morgan fingerprint density at radius 2 is 1.69 bits per heavy atom. The zero-order valence-electron chi connectivity index (χ0n) is 35.3. The lowest BCUT2D eigenvalue weighted by atomic mass is 9.94. The number of halogens is 5. The number of nitrogens with one attached hydrogen (secondary N) is 1. The Balaban J connectivity index is 1.28. The number of carbonyl (C=O) groups excluding carboxylic acids is 2. The summed E-state index contributed by atoms with van der Waals surface area (Å²) in [4.78, 5) is 40.8. The van der Waals surface area contributed by atoms with Crippen molar-refractivity contribution in [2.45, 2.75) is 102 Å². The Hall–Kier alpha value is -5.48. The second kappa shape index (κ2) is 15.7. The van der Waals surface area contributed by atoms with Crippen LogP contribution in [0.25, 0.3) is 32.1 Å². The number of aromatic nitrogens is 2. The molecule has 2 aromatic carbocycles. The summed E-state index contributed by atoms with van der Waals surface area (Å²) in [5.74, 6) is -3.62. The summed E-state index contributed by atoms with van der Waals surface area (Å²) in [7, 11) is 1.19. The van der Waals surface area contributed by atoms with E-state index in [0.29, 0.717) is 37.1 Å². The molecule has 3 atom stereocenters. The van der Waals surface area contributed by atoms with Crippen molar-refractivity contribution in [1.29, 1.82) is 5.26 Å². The van der Waals surface area contributed by atoms with E-state index in [1.807, 2.05) is 11.0 Å². The van der Waals surface area contributed by atoms with E-state index in [4.69, 9.17) is 23.9 Å². The van der Waals surface area contributed by atoms with Crippen molar-refractivity contribution in [1.82, 2.24) is 19.8 Å². The van der Waals surface area contributed by atoms with Crippen LogP contribution in [-0.2, 0) is 9.47 Å². The number of rotatable bonds is 7. The van der Waals surface area contributed by atoms with Crippen molar-refractivity contribution in [2.24, 2.45) is 0 Å². The van der Waals surface area contributed by atoms with E-state index in [1.54, 1.807) is 51.3 Å². The minimum Gasteiger partial charge on any atom is -0.493 e. The van der Waals surface area contributed by atoms with Crippen LogP contribution in [0, 0.1) is 28.8 Å². The molecule has 0 radical (unpaired) electrons. The number of methoxy groups -OCH3 is 1. The lowest BCUT2D eigenvalue weighted by molar-refractivity contribution is 0.0122. The first-order valence-electron chi connectivity index (χ1n) is 20.3. The number of carbonyl (C=O) groups is 2. The molecule has 8 rings (SSSR count). The van der Waals surface area contributed by atoms with Crippen LogP contribution in [0.5, 0.6) is 11.8 Å². The number of amides is 2. The van der Waals surface area contributed by atoms with Gasteiger partial charge in [0.2, 0.25) is 0 Å². The lowest BCUT2D eigenvalue weighted by Gasteiger charge is -2.42. The number of ether oxygens (including phenoxy) is 4. The Morgan fingerprint density at radius 3 is 2.32 bits per heavy atom. The summed E-state index contributed by atoms with van der Waals surface area (Å²) >= 11 is 0.697.